The summed E-state index contributed by atoms with van der Waals surface area (Å²) in [5, 5.41) is 19.8. The molecule has 0 aromatic heterocycles. The molecular formula is C13H8BrNO4S. The lowest BCUT2D eigenvalue weighted by Crippen LogP contribution is -1.95. The maximum absolute atomic E-state index is 11.0. The Bertz CT molecular complexity index is 673. The Balaban J connectivity index is 2.31. The highest BCUT2D eigenvalue weighted by atomic mass is 79.9. The summed E-state index contributed by atoms with van der Waals surface area (Å²) in [5.74, 6) is -1.00. The Morgan fingerprint density at radius 1 is 1.20 bits per heavy atom. The summed E-state index contributed by atoms with van der Waals surface area (Å²) in [7, 11) is 0. The van der Waals surface area contributed by atoms with Gasteiger partial charge in [0.25, 0.3) is 5.69 Å². The van der Waals surface area contributed by atoms with Crippen molar-refractivity contribution in [2.24, 2.45) is 0 Å². The van der Waals surface area contributed by atoms with Crippen LogP contribution in [0.15, 0.2) is 56.7 Å². The minimum absolute atomic E-state index is 0.0144. The average molecular weight is 354 g/mol. The molecule has 0 amide bonds. The molecule has 0 aliphatic rings. The van der Waals surface area contributed by atoms with Gasteiger partial charge in [0.05, 0.1) is 15.4 Å². The van der Waals surface area contributed by atoms with Gasteiger partial charge in [-0.1, -0.05) is 27.7 Å². The van der Waals surface area contributed by atoms with Gasteiger partial charge < -0.3 is 5.11 Å². The Kier molecular flexibility index (Phi) is 4.41. The molecule has 0 radical (unpaired) electrons. The number of nitro benzene ring substituents is 1. The van der Waals surface area contributed by atoms with E-state index < -0.39 is 10.9 Å². The van der Waals surface area contributed by atoms with Gasteiger partial charge in [-0.3, -0.25) is 10.1 Å². The van der Waals surface area contributed by atoms with Crippen LogP contribution in [0.25, 0.3) is 0 Å². The van der Waals surface area contributed by atoms with Gasteiger partial charge in [0, 0.05) is 15.4 Å². The fourth-order valence-electron chi connectivity index (χ4n) is 1.51. The molecule has 0 spiro atoms. The van der Waals surface area contributed by atoms with Crippen molar-refractivity contribution in [2.45, 2.75) is 9.79 Å². The molecule has 7 heteroatoms. The molecule has 0 bridgehead atoms. The quantitative estimate of drug-likeness (QED) is 0.657. The lowest BCUT2D eigenvalue weighted by molar-refractivity contribution is -0.387. The second-order valence-electron chi connectivity index (χ2n) is 3.80. The standard InChI is InChI=1S/C13H8BrNO4S/c14-9-3-6-11(15(18)19)12(7-9)20-10-4-1-8(2-5-10)13(16)17/h1-7H,(H,16,17). The zero-order valence-electron chi connectivity index (χ0n) is 9.95. The van der Waals surface area contributed by atoms with Crippen molar-refractivity contribution in [2.75, 3.05) is 0 Å². The van der Waals surface area contributed by atoms with Crippen molar-refractivity contribution in [3.05, 3.63) is 62.6 Å². The number of rotatable bonds is 4. The van der Waals surface area contributed by atoms with Gasteiger partial charge in [0.2, 0.25) is 0 Å². The van der Waals surface area contributed by atoms with E-state index in [1.807, 2.05) is 0 Å². The number of carbonyl (C=O) groups is 1. The first-order valence-corrected chi connectivity index (χ1v) is 7.03. The molecule has 0 aliphatic carbocycles. The first-order valence-electron chi connectivity index (χ1n) is 5.42. The lowest BCUT2D eigenvalue weighted by Gasteiger charge is -2.04. The summed E-state index contributed by atoms with van der Waals surface area (Å²) in [4.78, 5) is 22.5. The molecule has 5 nitrogen and oxygen atoms in total. The zero-order chi connectivity index (χ0) is 14.7. The molecular weight excluding hydrogens is 346 g/mol. The molecule has 102 valence electrons. The van der Waals surface area contributed by atoms with Gasteiger partial charge in [-0.2, -0.15) is 0 Å². The molecule has 0 heterocycles. The number of aromatic carboxylic acids is 1. The molecule has 1 N–H and O–H groups in total. The smallest absolute Gasteiger partial charge is 0.335 e. The predicted molar refractivity (Wildman–Crippen MR) is 78.3 cm³/mol. The summed E-state index contributed by atoms with van der Waals surface area (Å²) < 4.78 is 0.743. The van der Waals surface area contributed by atoms with Crippen LogP contribution in [0.3, 0.4) is 0 Å². The van der Waals surface area contributed by atoms with E-state index >= 15 is 0 Å². The van der Waals surface area contributed by atoms with Crippen molar-refractivity contribution < 1.29 is 14.8 Å². The van der Waals surface area contributed by atoms with Crippen LogP contribution < -0.4 is 0 Å². The van der Waals surface area contributed by atoms with Crippen molar-refractivity contribution >= 4 is 39.3 Å². The minimum atomic E-state index is -1.00. The lowest BCUT2D eigenvalue weighted by atomic mass is 10.2. The second-order valence-corrected chi connectivity index (χ2v) is 5.83. The molecule has 0 atom stereocenters. The fourth-order valence-corrected chi connectivity index (χ4v) is 2.98. The van der Waals surface area contributed by atoms with E-state index in [0.29, 0.717) is 4.90 Å². The van der Waals surface area contributed by atoms with Gasteiger partial charge in [-0.05, 0) is 36.4 Å². The predicted octanol–water partition coefficient (Wildman–Crippen LogP) is 4.21. The van der Waals surface area contributed by atoms with E-state index in [9.17, 15) is 14.9 Å². The van der Waals surface area contributed by atoms with E-state index in [-0.39, 0.29) is 11.3 Å². The largest absolute Gasteiger partial charge is 0.478 e. The fraction of sp³-hybridized carbons (Fsp3) is 0. The Labute approximate surface area is 126 Å². The molecule has 0 saturated carbocycles. The SMILES string of the molecule is O=C(O)c1ccc(Sc2cc(Br)ccc2[N+](=O)[O-])cc1. The van der Waals surface area contributed by atoms with Gasteiger partial charge in [0.1, 0.15) is 0 Å². The number of carboxylic acid groups (broad SMARTS) is 1. The number of nitrogens with zero attached hydrogens (tertiary/aromatic N) is 1. The summed E-state index contributed by atoms with van der Waals surface area (Å²) in [6.45, 7) is 0. The van der Waals surface area contributed by atoms with Gasteiger partial charge in [-0.15, -0.1) is 0 Å². The van der Waals surface area contributed by atoms with Crippen molar-refractivity contribution in [3.8, 4) is 0 Å². The zero-order valence-corrected chi connectivity index (χ0v) is 12.3. The summed E-state index contributed by atoms with van der Waals surface area (Å²) in [5.41, 5.74) is 0.193. The molecule has 0 saturated heterocycles. The van der Waals surface area contributed by atoms with Crippen molar-refractivity contribution in [1.29, 1.82) is 0 Å². The van der Waals surface area contributed by atoms with Crippen LogP contribution in [-0.2, 0) is 0 Å². The normalized spacial score (nSPS) is 10.2. The highest BCUT2D eigenvalue weighted by molar-refractivity contribution is 9.10. The molecule has 0 fully saturated rings. The maximum Gasteiger partial charge on any atom is 0.335 e. The number of hydrogen-bond donors (Lipinski definition) is 1. The Morgan fingerprint density at radius 2 is 1.85 bits per heavy atom. The van der Waals surface area contributed by atoms with Crippen LogP contribution >= 0.6 is 27.7 Å². The van der Waals surface area contributed by atoms with Crippen LogP contribution in [0.1, 0.15) is 10.4 Å². The van der Waals surface area contributed by atoms with Gasteiger partial charge >= 0.3 is 5.97 Å². The van der Waals surface area contributed by atoms with Crippen LogP contribution in [0.4, 0.5) is 5.69 Å². The first-order chi connectivity index (χ1) is 9.47. The van der Waals surface area contributed by atoms with E-state index in [1.54, 1.807) is 24.3 Å². The number of halogens is 1. The number of nitro groups is 1. The van der Waals surface area contributed by atoms with Gasteiger partial charge in [-0.25, -0.2) is 4.79 Å². The minimum Gasteiger partial charge on any atom is -0.478 e. The third-order valence-electron chi connectivity index (χ3n) is 2.45. The van der Waals surface area contributed by atoms with Crippen LogP contribution in [-0.4, -0.2) is 16.0 Å². The Morgan fingerprint density at radius 3 is 2.40 bits per heavy atom. The highest BCUT2D eigenvalue weighted by Gasteiger charge is 2.15. The van der Waals surface area contributed by atoms with E-state index in [2.05, 4.69) is 15.9 Å². The van der Waals surface area contributed by atoms with E-state index in [1.165, 1.54) is 30.0 Å². The average Bonchev–Trinajstić information content (AvgIpc) is 2.39. The summed E-state index contributed by atoms with van der Waals surface area (Å²) in [6.07, 6.45) is 0. The first kappa shape index (κ1) is 14.5. The molecule has 20 heavy (non-hydrogen) atoms. The number of benzene rings is 2. The second kappa shape index (κ2) is 6.06. The third-order valence-corrected chi connectivity index (χ3v) is 4.00. The molecule has 2 rings (SSSR count). The molecule has 0 unspecified atom stereocenters. The summed E-state index contributed by atoms with van der Waals surface area (Å²) in [6, 6.07) is 10.9. The van der Waals surface area contributed by atoms with Crippen LogP contribution in [0.5, 0.6) is 0 Å². The van der Waals surface area contributed by atoms with Crippen LogP contribution in [0.2, 0.25) is 0 Å². The topological polar surface area (TPSA) is 80.4 Å². The van der Waals surface area contributed by atoms with E-state index in [0.717, 1.165) is 9.37 Å². The van der Waals surface area contributed by atoms with E-state index in [4.69, 9.17) is 5.11 Å². The monoisotopic (exact) mass is 353 g/mol. The number of carboxylic acids is 1. The maximum atomic E-state index is 11.0. The molecule has 2 aromatic carbocycles. The Hall–Kier alpha value is -1.86. The van der Waals surface area contributed by atoms with Crippen molar-refractivity contribution in [3.63, 3.8) is 0 Å². The molecule has 2 aromatic rings. The number of hydrogen-bond acceptors (Lipinski definition) is 4. The third kappa shape index (κ3) is 3.37. The highest BCUT2D eigenvalue weighted by Crippen LogP contribution is 2.36. The van der Waals surface area contributed by atoms with Crippen LogP contribution in [0, 0.1) is 10.1 Å². The van der Waals surface area contributed by atoms with Crippen molar-refractivity contribution in [1.82, 2.24) is 0 Å². The molecule has 0 aliphatic heterocycles. The van der Waals surface area contributed by atoms with Gasteiger partial charge in [0.15, 0.2) is 0 Å². The summed E-state index contributed by atoms with van der Waals surface area (Å²) >= 11 is 4.49.